The van der Waals surface area contributed by atoms with Crippen molar-refractivity contribution in [2.75, 3.05) is 0 Å². The number of phosphoric acid groups is 3. The molecule has 0 spiro atoms. The van der Waals surface area contributed by atoms with Crippen LogP contribution in [0.4, 0.5) is 0 Å². The van der Waals surface area contributed by atoms with Gasteiger partial charge >= 0.3 is 40.8 Å². The van der Waals surface area contributed by atoms with Gasteiger partial charge < -0.3 is 41.8 Å². The first kappa shape index (κ1) is 65.5. The van der Waals surface area contributed by atoms with Crippen molar-refractivity contribution in [2.24, 2.45) is 0 Å². The van der Waals surface area contributed by atoms with Crippen molar-refractivity contribution in [2.45, 2.75) is 157 Å². The summed E-state index contributed by atoms with van der Waals surface area (Å²) in [5, 5.41) is 0. The fourth-order valence-electron chi connectivity index (χ4n) is 6.93. The molecule has 0 fully saturated rings. The summed E-state index contributed by atoms with van der Waals surface area (Å²) in [6.07, 6.45) is 0. The minimum atomic E-state index is -4.50. The first-order valence-corrected chi connectivity index (χ1v) is 29.2. The molecule has 0 unspecified atom stereocenters. The van der Waals surface area contributed by atoms with Gasteiger partial charge in [0.05, 0.1) is 0 Å². The maximum absolute atomic E-state index is 12.1. The standard InChI is InChI=1S/3C20H27O4P.Al/c3*1-19(2,3)15-7-11-17(12-8-15)23-25(21,22)24-18-13-9-16(10-14-18)20(4,5)6;/h3*7-14H,1-6H3,(H,21,22);/q;;;+3/p-3. The van der Waals surface area contributed by atoms with Gasteiger partial charge in [-0.15, -0.1) is 0 Å². The van der Waals surface area contributed by atoms with Gasteiger partial charge in [-0.3, -0.25) is 0 Å². The Balaban J connectivity index is 0.000000298. The molecule has 76 heavy (non-hydrogen) atoms. The number of hydrogen-bond acceptors (Lipinski definition) is 12. The molecule has 0 heterocycles. The van der Waals surface area contributed by atoms with Gasteiger partial charge in [-0.25, -0.2) is 13.7 Å². The van der Waals surface area contributed by atoms with Gasteiger partial charge in [0.2, 0.25) is 0 Å². The Morgan fingerprint density at radius 3 is 0.408 bits per heavy atom. The summed E-state index contributed by atoms with van der Waals surface area (Å²) in [4.78, 5) is 36.3. The Morgan fingerprint density at radius 1 is 0.237 bits per heavy atom. The van der Waals surface area contributed by atoms with E-state index in [1.807, 2.05) is 72.8 Å². The predicted molar refractivity (Wildman–Crippen MR) is 303 cm³/mol. The summed E-state index contributed by atoms with van der Waals surface area (Å²) in [7, 11) is -13.5. The maximum atomic E-state index is 12.1. The van der Waals surface area contributed by atoms with Crippen LogP contribution in [0, 0.1) is 0 Å². The average Bonchev–Trinajstić information content (AvgIpc) is 3.25. The molecule has 0 saturated heterocycles. The van der Waals surface area contributed by atoms with Crippen LogP contribution in [-0.4, -0.2) is 17.4 Å². The molecule has 0 radical (unpaired) electrons. The number of rotatable bonds is 12. The molecule has 0 aliphatic rings. The van der Waals surface area contributed by atoms with E-state index < -0.39 is 23.5 Å². The number of hydrogen-bond donors (Lipinski definition) is 0. The third kappa shape index (κ3) is 21.9. The molecule has 16 heteroatoms. The third-order valence-electron chi connectivity index (χ3n) is 11.6. The third-order valence-corrected chi connectivity index (χ3v) is 14.2. The summed E-state index contributed by atoms with van der Waals surface area (Å²) < 4.78 is 66.6. The van der Waals surface area contributed by atoms with Gasteiger partial charge in [0.1, 0.15) is 34.5 Å². The van der Waals surface area contributed by atoms with Gasteiger partial charge in [-0.1, -0.05) is 197 Å². The van der Waals surface area contributed by atoms with Crippen molar-refractivity contribution in [3.05, 3.63) is 179 Å². The van der Waals surface area contributed by atoms with Crippen molar-refractivity contribution in [1.82, 2.24) is 0 Å². The molecule has 0 N–H and O–H groups in total. The molecule has 0 bridgehead atoms. The summed E-state index contributed by atoms with van der Waals surface area (Å²) in [5.74, 6) is 1.40. The second kappa shape index (κ2) is 25.3. The molecule has 0 amide bonds. The molecule has 0 aliphatic carbocycles. The van der Waals surface area contributed by atoms with Crippen molar-refractivity contribution in [3.63, 3.8) is 0 Å². The van der Waals surface area contributed by atoms with Crippen LogP contribution in [0.25, 0.3) is 0 Å². The first-order chi connectivity index (χ1) is 34.1. The van der Waals surface area contributed by atoms with Gasteiger partial charge in [0, 0.05) is 0 Å². The zero-order valence-electron chi connectivity index (χ0n) is 47.7. The van der Waals surface area contributed by atoms with Crippen LogP contribution < -0.4 is 41.8 Å². The van der Waals surface area contributed by atoms with Crippen molar-refractivity contribution < 1.29 is 55.5 Å². The van der Waals surface area contributed by atoms with Crippen molar-refractivity contribution in [1.29, 1.82) is 0 Å². The Labute approximate surface area is 464 Å². The molecule has 0 atom stereocenters. The summed E-state index contributed by atoms with van der Waals surface area (Å²) in [6.45, 7) is 37.6. The molecule has 0 aliphatic heterocycles. The van der Waals surface area contributed by atoms with E-state index in [4.69, 9.17) is 27.1 Å². The van der Waals surface area contributed by atoms with Gasteiger partial charge in [-0.2, -0.15) is 0 Å². The summed E-state index contributed by atoms with van der Waals surface area (Å²) in [6, 6.07) is 41.9. The minimum absolute atomic E-state index is 0. The quantitative estimate of drug-likeness (QED) is 0.0838. The molecular formula is C60H78AlO12P3. The van der Waals surface area contributed by atoms with Crippen LogP contribution >= 0.6 is 23.5 Å². The van der Waals surface area contributed by atoms with E-state index in [-0.39, 0.29) is 84.3 Å². The van der Waals surface area contributed by atoms with Gasteiger partial charge in [0.25, 0.3) is 0 Å². The predicted octanol–water partition coefficient (Wildman–Crippen LogP) is 15.2. The maximum Gasteiger partial charge on any atom is 3.00 e. The Morgan fingerprint density at radius 2 is 0.329 bits per heavy atom. The van der Waals surface area contributed by atoms with Crippen LogP contribution in [0.1, 0.15) is 158 Å². The van der Waals surface area contributed by atoms with Gasteiger partial charge in [0.15, 0.2) is 0 Å². The number of phosphoric ester groups is 3. The molecule has 0 saturated carbocycles. The van der Waals surface area contributed by atoms with Gasteiger partial charge in [-0.05, 0) is 139 Å². The van der Waals surface area contributed by atoms with Crippen LogP contribution in [-0.2, 0) is 46.2 Å². The van der Waals surface area contributed by atoms with Crippen molar-refractivity contribution in [3.8, 4) is 34.5 Å². The molecule has 0 aromatic heterocycles. The van der Waals surface area contributed by atoms with Crippen LogP contribution in [0.2, 0.25) is 0 Å². The minimum Gasteiger partial charge on any atom is -0.736 e. The molecule has 408 valence electrons. The van der Waals surface area contributed by atoms with E-state index in [1.165, 1.54) is 0 Å². The SMILES string of the molecule is CC(C)(C)c1ccc(OP(=O)([O-])Oc2ccc(C(C)(C)C)cc2)cc1.CC(C)(C)c1ccc(OP(=O)([O-])Oc2ccc(C(C)(C)C)cc2)cc1.CC(C)(C)c1ccc(OP(=O)([O-])Oc2ccc(C(C)(C)C)cc2)cc1.[Al+3]. The molecule has 6 aromatic rings. The van der Waals surface area contributed by atoms with E-state index in [0.717, 1.165) is 33.4 Å². The number of benzene rings is 6. The summed E-state index contributed by atoms with van der Waals surface area (Å²) in [5.41, 5.74) is 6.53. The van der Waals surface area contributed by atoms with E-state index in [9.17, 15) is 28.4 Å². The van der Waals surface area contributed by atoms with E-state index >= 15 is 0 Å². The Kier molecular flexibility index (Phi) is 21.8. The Hall–Kier alpha value is -4.78. The average molecular weight is 1110 g/mol. The monoisotopic (exact) mass is 1110 g/mol. The van der Waals surface area contributed by atoms with E-state index in [2.05, 4.69) is 125 Å². The summed E-state index contributed by atoms with van der Waals surface area (Å²) >= 11 is 0. The first-order valence-electron chi connectivity index (χ1n) is 24.8. The van der Waals surface area contributed by atoms with Crippen LogP contribution in [0.3, 0.4) is 0 Å². The largest absolute Gasteiger partial charge is 3.00 e. The second-order valence-corrected chi connectivity index (χ2v) is 28.3. The van der Waals surface area contributed by atoms with Crippen LogP contribution in [0.5, 0.6) is 34.5 Å². The molecule has 6 aromatic carbocycles. The molecular weight excluding hydrogens is 1030 g/mol. The Bertz CT molecular complexity index is 2390. The van der Waals surface area contributed by atoms with Crippen molar-refractivity contribution >= 4 is 40.8 Å². The fraction of sp³-hybridized carbons (Fsp3) is 0.400. The van der Waals surface area contributed by atoms with E-state index in [1.54, 1.807) is 72.8 Å². The topological polar surface area (TPSA) is 176 Å². The molecule has 12 nitrogen and oxygen atoms in total. The second-order valence-electron chi connectivity index (χ2n) is 24.5. The normalized spacial score (nSPS) is 12.6. The zero-order chi connectivity index (χ0) is 56.6. The zero-order valence-corrected chi connectivity index (χ0v) is 51.5. The van der Waals surface area contributed by atoms with E-state index in [0.29, 0.717) is 0 Å². The smallest absolute Gasteiger partial charge is 0.736 e. The van der Waals surface area contributed by atoms with Crippen LogP contribution in [0.15, 0.2) is 146 Å². The molecule has 6 rings (SSSR count). The fourth-order valence-corrected chi connectivity index (χ4v) is 9.32.